The number of ether oxygens (including phenoxy) is 2. The van der Waals surface area contributed by atoms with Gasteiger partial charge in [-0.2, -0.15) is 0 Å². The van der Waals surface area contributed by atoms with Gasteiger partial charge in [-0.15, -0.1) is 0 Å². The van der Waals surface area contributed by atoms with Gasteiger partial charge < -0.3 is 19.5 Å². The molecular weight excluding hydrogens is 398 g/mol. The van der Waals surface area contributed by atoms with Gasteiger partial charge in [-0.05, 0) is 55.3 Å². The van der Waals surface area contributed by atoms with Gasteiger partial charge in [0.2, 0.25) is 0 Å². The van der Waals surface area contributed by atoms with Crippen LogP contribution in [0.15, 0.2) is 78.9 Å². The van der Waals surface area contributed by atoms with E-state index in [0.717, 1.165) is 42.1 Å². The number of benzene rings is 3. The van der Waals surface area contributed by atoms with Gasteiger partial charge >= 0.3 is 0 Å². The van der Waals surface area contributed by atoms with E-state index in [9.17, 15) is 5.11 Å². The molecular formula is C28H33NO3. The van der Waals surface area contributed by atoms with Gasteiger partial charge in [-0.1, -0.05) is 67.1 Å². The Hall–Kier alpha value is -2.82. The number of para-hydroxylation sites is 1. The van der Waals surface area contributed by atoms with Gasteiger partial charge in [0.15, 0.2) is 0 Å². The van der Waals surface area contributed by atoms with Crippen molar-refractivity contribution in [3.8, 4) is 11.5 Å². The first kappa shape index (κ1) is 22.4. The predicted molar refractivity (Wildman–Crippen MR) is 128 cm³/mol. The van der Waals surface area contributed by atoms with E-state index in [1.54, 1.807) is 14.2 Å². The molecule has 1 fully saturated rings. The van der Waals surface area contributed by atoms with Crippen LogP contribution in [0.4, 0.5) is 0 Å². The Balaban J connectivity index is 1.89. The number of hydrogen-bond acceptors (Lipinski definition) is 4. The second-order valence-corrected chi connectivity index (χ2v) is 8.52. The van der Waals surface area contributed by atoms with Crippen molar-refractivity contribution in [2.24, 2.45) is 0 Å². The second-order valence-electron chi connectivity index (χ2n) is 8.52. The number of likely N-dealkylation sites (tertiary alicyclic amines) is 1. The predicted octanol–water partition coefficient (Wildman–Crippen LogP) is 5.21. The quantitative estimate of drug-likeness (QED) is 0.532. The molecule has 32 heavy (non-hydrogen) atoms. The fourth-order valence-corrected chi connectivity index (χ4v) is 4.91. The highest BCUT2D eigenvalue weighted by atomic mass is 16.5. The molecule has 4 heteroatoms. The van der Waals surface area contributed by atoms with Crippen LogP contribution in [-0.2, 0) is 5.60 Å². The average Bonchev–Trinajstić information content (AvgIpc) is 2.88. The lowest BCUT2D eigenvalue weighted by Gasteiger charge is -2.41. The number of piperidine rings is 1. The van der Waals surface area contributed by atoms with Gasteiger partial charge in [-0.3, -0.25) is 0 Å². The fourth-order valence-electron chi connectivity index (χ4n) is 4.91. The molecule has 0 amide bonds. The largest absolute Gasteiger partial charge is 0.497 e. The summed E-state index contributed by atoms with van der Waals surface area (Å²) < 4.78 is 11.1. The van der Waals surface area contributed by atoms with Crippen molar-refractivity contribution < 1.29 is 14.6 Å². The smallest absolute Gasteiger partial charge is 0.126 e. The van der Waals surface area contributed by atoms with Crippen LogP contribution >= 0.6 is 0 Å². The molecule has 3 aromatic carbocycles. The number of hydrogen-bond donors (Lipinski definition) is 1. The lowest BCUT2D eigenvalue weighted by Crippen LogP contribution is -2.43. The first-order valence-electron chi connectivity index (χ1n) is 11.4. The Morgan fingerprint density at radius 1 is 0.812 bits per heavy atom. The van der Waals surface area contributed by atoms with Gasteiger partial charge in [0.25, 0.3) is 0 Å². The summed E-state index contributed by atoms with van der Waals surface area (Å²) in [6.45, 7) is 2.90. The van der Waals surface area contributed by atoms with Gasteiger partial charge in [0.05, 0.1) is 14.2 Å². The molecule has 4 rings (SSSR count). The molecule has 1 heterocycles. The molecule has 0 saturated carbocycles. The minimum atomic E-state index is -1.28. The fraction of sp³-hybridized carbons (Fsp3) is 0.357. The Kier molecular flexibility index (Phi) is 7.13. The lowest BCUT2D eigenvalue weighted by molar-refractivity contribution is 0.0290. The molecule has 1 aliphatic heterocycles. The third kappa shape index (κ3) is 4.52. The summed E-state index contributed by atoms with van der Waals surface area (Å²) in [7, 11) is 3.32. The molecule has 0 unspecified atom stereocenters. The minimum Gasteiger partial charge on any atom is -0.497 e. The highest BCUT2D eigenvalue weighted by Gasteiger charge is 2.44. The molecule has 0 radical (unpaired) electrons. The summed E-state index contributed by atoms with van der Waals surface area (Å²) in [5.41, 5.74) is 1.44. The van der Waals surface area contributed by atoms with E-state index in [0.29, 0.717) is 5.75 Å². The monoisotopic (exact) mass is 431 g/mol. The van der Waals surface area contributed by atoms with E-state index >= 15 is 0 Å². The molecule has 0 bridgehead atoms. The van der Waals surface area contributed by atoms with Crippen molar-refractivity contribution in [2.45, 2.75) is 30.8 Å². The highest BCUT2D eigenvalue weighted by molar-refractivity contribution is 5.49. The molecule has 3 aromatic rings. The molecule has 168 valence electrons. The van der Waals surface area contributed by atoms with E-state index in [1.165, 1.54) is 19.3 Å². The molecule has 0 spiro atoms. The zero-order valence-electron chi connectivity index (χ0n) is 19.0. The summed E-state index contributed by atoms with van der Waals surface area (Å²) in [4.78, 5) is 2.49. The molecule has 4 nitrogen and oxygen atoms in total. The summed E-state index contributed by atoms with van der Waals surface area (Å²) in [5, 5.41) is 12.7. The van der Waals surface area contributed by atoms with E-state index in [2.05, 4.69) is 29.2 Å². The minimum absolute atomic E-state index is 0.175. The number of rotatable bonds is 8. The highest BCUT2D eigenvalue weighted by Crippen LogP contribution is 2.46. The van der Waals surface area contributed by atoms with E-state index < -0.39 is 5.60 Å². The topological polar surface area (TPSA) is 41.9 Å². The first-order chi connectivity index (χ1) is 15.7. The second kappa shape index (κ2) is 10.2. The van der Waals surface area contributed by atoms with Crippen molar-refractivity contribution in [1.29, 1.82) is 0 Å². The maximum Gasteiger partial charge on any atom is 0.126 e. The molecule has 1 N–H and O–H groups in total. The maximum absolute atomic E-state index is 12.7. The maximum atomic E-state index is 12.7. The van der Waals surface area contributed by atoms with Crippen molar-refractivity contribution >= 4 is 0 Å². The normalized spacial score (nSPS) is 17.3. The number of methoxy groups -OCH3 is 2. The van der Waals surface area contributed by atoms with Crippen LogP contribution in [0.3, 0.4) is 0 Å². The van der Waals surface area contributed by atoms with Crippen LogP contribution in [0.25, 0.3) is 0 Å². The van der Waals surface area contributed by atoms with Crippen LogP contribution in [0.2, 0.25) is 0 Å². The van der Waals surface area contributed by atoms with Gasteiger partial charge in [-0.25, -0.2) is 0 Å². The van der Waals surface area contributed by atoms with E-state index in [1.807, 2.05) is 54.6 Å². The molecule has 1 aliphatic rings. The van der Waals surface area contributed by atoms with Crippen LogP contribution in [0.1, 0.15) is 41.9 Å². The summed E-state index contributed by atoms with van der Waals surface area (Å²) in [5.74, 6) is 1.28. The SMILES string of the molecule is COc1ccc([C@](O)(c2ccccc2OC)[C@@H](CN2CCCCC2)c2ccccc2)cc1. The molecule has 0 aromatic heterocycles. The molecule has 1 saturated heterocycles. The zero-order chi connectivity index (χ0) is 22.4. The van der Waals surface area contributed by atoms with Crippen LogP contribution < -0.4 is 9.47 Å². The Morgan fingerprint density at radius 3 is 2.12 bits per heavy atom. The zero-order valence-corrected chi connectivity index (χ0v) is 19.0. The van der Waals surface area contributed by atoms with Crippen molar-refractivity contribution in [3.05, 3.63) is 95.6 Å². The van der Waals surface area contributed by atoms with Gasteiger partial charge in [0, 0.05) is 18.0 Å². The first-order valence-corrected chi connectivity index (χ1v) is 11.4. The third-order valence-corrected chi connectivity index (χ3v) is 6.64. The third-order valence-electron chi connectivity index (χ3n) is 6.64. The Labute approximate surface area is 191 Å². The Morgan fingerprint density at radius 2 is 1.47 bits per heavy atom. The van der Waals surface area contributed by atoms with E-state index in [4.69, 9.17) is 9.47 Å². The van der Waals surface area contributed by atoms with Crippen molar-refractivity contribution in [1.82, 2.24) is 4.90 Å². The number of aliphatic hydroxyl groups is 1. The van der Waals surface area contributed by atoms with Crippen LogP contribution in [-0.4, -0.2) is 43.9 Å². The summed E-state index contributed by atoms with van der Waals surface area (Å²) in [6.07, 6.45) is 3.69. The van der Waals surface area contributed by atoms with Crippen molar-refractivity contribution in [3.63, 3.8) is 0 Å². The van der Waals surface area contributed by atoms with Crippen molar-refractivity contribution in [2.75, 3.05) is 33.9 Å². The van der Waals surface area contributed by atoms with Gasteiger partial charge in [0.1, 0.15) is 17.1 Å². The Bertz CT molecular complexity index is 983. The molecule has 2 atom stereocenters. The van der Waals surface area contributed by atoms with E-state index in [-0.39, 0.29) is 5.92 Å². The molecule has 0 aliphatic carbocycles. The summed E-state index contributed by atoms with van der Waals surface area (Å²) in [6, 6.07) is 26.0. The standard InChI is InChI=1S/C28H33NO3/c1-31-24-17-15-23(16-18-24)28(30,25-13-7-8-14-27(25)32-2)26(22-11-5-3-6-12-22)21-29-19-9-4-10-20-29/h3,5-8,11-18,26,30H,4,9-10,19-21H2,1-2H3/t26-,28-/m0/s1. The average molecular weight is 432 g/mol. The summed E-state index contributed by atoms with van der Waals surface area (Å²) >= 11 is 0. The number of nitrogens with zero attached hydrogens (tertiary/aromatic N) is 1. The van der Waals surface area contributed by atoms with Crippen LogP contribution in [0.5, 0.6) is 11.5 Å². The van der Waals surface area contributed by atoms with Crippen LogP contribution in [0, 0.1) is 0 Å². The lowest BCUT2D eigenvalue weighted by atomic mass is 9.72.